The third-order valence-corrected chi connectivity index (χ3v) is 3.64. The third-order valence-electron chi connectivity index (χ3n) is 3.64. The molecule has 0 fully saturated rings. The van der Waals surface area contributed by atoms with Crippen LogP contribution in [0.15, 0.2) is 42.5 Å². The molecule has 0 aliphatic carbocycles. The lowest BCUT2D eigenvalue weighted by molar-refractivity contribution is -0.0268. The number of fused-ring (bicyclic) bond motifs is 1. The SMILES string of the molecule is CC(C)NCC(O)C(C)(C)Oc1cccc2ccccc12. The van der Waals surface area contributed by atoms with Crippen LogP contribution in [0.25, 0.3) is 10.8 Å². The van der Waals surface area contributed by atoms with E-state index in [4.69, 9.17) is 4.74 Å². The van der Waals surface area contributed by atoms with E-state index in [2.05, 4.69) is 31.3 Å². The molecular weight excluding hydrogens is 262 g/mol. The molecule has 0 radical (unpaired) electrons. The number of rotatable bonds is 6. The fourth-order valence-electron chi connectivity index (χ4n) is 2.23. The smallest absolute Gasteiger partial charge is 0.130 e. The van der Waals surface area contributed by atoms with E-state index < -0.39 is 11.7 Å². The maximum Gasteiger partial charge on any atom is 0.130 e. The molecule has 21 heavy (non-hydrogen) atoms. The predicted octanol–water partition coefficient (Wildman–Crippen LogP) is 3.36. The van der Waals surface area contributed by atoms with Crippen molar-refractivity contribution in [3.8, 4) is 5.75 Å². The molecule has 2 aromatic rings. The number of hydrogen-bond acceptors (Lipinski definition) is 3. The Hall–Kier alpha value is -1.58. The lowest BCUT2D eigenvalue weighted by Gasteiger charge is -2.32. The molecule has 2 N–H and O–H groups in total. The van der Waals surface area contributed by atoms with Crippen LogP contribution < -0.4 is 10.1 Å². The summed E-state index contributed by atoms with van der Waals surface area (Å²) >= 11 is 0. The van der Waals surface area contributed by atoms with Crippen molar-refractivity contribution in [2.75, 3.05) is 6.54 Å². The van der Waals surface area contributed by atoms with Crippen molar-refractivity contribution in [1.29, 1.82) is 0 Å². The van der Waals surface area contributed by atoms with E-state index in [9.17, 15) is 5.11 Å². The van der Waals surface area contributed by atoms with Crippen LogP contribution in [0.3, 0.4) is 0 Å². The molecular formula is C18H25NO2. The summed E-state index contributed by atoms with van der Waals surface area (Å²) in [5.41, 5.74) is -0.661. The molecule has 1 unspecified atom stereocenters. The Bertz CT molecular complexity index is 587. The lowest BCUT2D eigenvalue weighted by atomic mass is 10.0. The maximum atomic E-state index is 10.4. The first-order chi connectivity index (χ1) is 9.90. The van der Waals surface area contributed by atoms with Crippen molar-refractivity contribution in [2.24, 2.45) is 0 Å². The van der Waals surface area contributed by atoms with Gasteiger partial charge < -0.3 is 15.2 Å². The molecule has 1 atom stereocenters. The van der Waals surface area contributed by atoms with Crippen LogP contribution >= 0.6 is 0 Å². The fourth-order valence-corrected chi connectivity index (χ4v) is 2.23. The van der Waals surface area contributed by atoms with Crippen LogP contribution in [0, 0.1) is 0 Å². The summed E-state index contributed by atoms with van der Waals surface area (Å²) in [6.45, 7) is 8.47. The maximum absolute atomic E-state index is 10.4. The van der Waals surface area contributed by atoms with E-state index in [1.54, 1.807) is 0 Å². The highest BCUT2D eigenvalue weighted by molar-refractivity contribution is 5.88. The zero-order chi connectivity index (χ0) is 15.5. The Kier molecular flexibility index (Phi) is 4.86. The summed E-state index contributed by atoms with van der Waals surface area (Å²) in [6, 6.07) is 14.4. The first-order valence-corrected chi connectivity index (χ1v) is 7.48. The van der Waals surface area contributed by atoms with Gasteiger partial charge in [-0.3, -0.25) is 0 Å². The molecule has 0 spiro atoms. The Balaban J connectivity index is 2.18. The van der Waals surface area contributed by atoms with E-state index in [1.165, 1.54) is 0 Å². The van der Waals surface area contributed by atoms with Gasteiger partial charge in [0.15, 0.2) is 0 Å². The Morgan fingerprint density at radius 3 is 2.48 bits per heavy atom. The molecule has 0 aliphatic rings. The monoisotopic (exact) mass is 287 g/mol. The predicted molar refractivity (Wildman–Crippen MR) is 87.8 cm³/mol. The van der Waals surface area contributed by atoms with Crippen molar-refractivity contribution in [2.45, 2.75) is 45.4 Å². The highest BCUT2D eigenvalue weighted by Gasteiger charge is 2.30. The van der Waals surface area contributed by atoms with Crippen LogP contribution in [0.2, 0.25) is 0 Å². The second-order valence-electron chi connectivity index (χ2n) is 6.26. The number of nitrogens with one attached hydrogen (secondary N) is 1. The Morgan fingerprint density at radius 1 is 1.10 bits per heavy atom. The average molecular weight is 287 g/mol. The zero-order valence-corrected chi connectivity index (χ0v) is 13.3. The Labute approximate surface area is 126 Å². The largest absolute Gasteiger partial charge is 0.484 e. The molecule has 0 aromatic heterocycles. The minimum absolute atomic E-state index is 0.341. The van der Waals surface area contributed by atoms with E-state index in [0.29, 0.717) is 12.6 Å². The summed E-state index contributed by atoms with van der Waals surface area (Å²) in [5, 5.41) is 15.8. The van der Waals surface area contributed by atoms with Crippen molar-refractivity contribution >= 4 is 10.8 Å². The molecule has 114 valence electrons. The Morgan fingerprint density at radius 2 is 1.76 bits per heavy atom. The quantitative estimate of drug-likeness (QED) is 0.856. The zero-order valence-electron chi connectivity index (χ0n) is 13.3. The highest BCUT2D eigenvalue weighted by atomic mass is 16.5. The molecule has 3 heteroatoms. The number of aliphatic hydroxyl groups is 1. The summed E-state index contributed by atoms with van der Waals surface area (Å²) in [6.07, 6.45) is -0.584. The van der Waals surface area contributed by atoms with Crippen LogP contribution in [0.5, 0.6) is 5.75 Å². The second kappa shape index (κ2) is 6.46. The van der Waals surface area contributed by atoms with Crippen molar-refractivity contribution in [3.63, 3.8) is 0 Å². The van der Waals surface area contributed by atoms with Crippen LogP contribution in [0.1, 0.15) is 27.7 Å². The van der Waals surface area contributed by atoms with Gasteiger partial charge in [-0.15, -0.1) is 0 Å². The summed E-state index contributed by atoms with van der Waals surface area (Å²) in [7, 11) is 0. The number of ether oxygens (including phenoxy) is 1. The normalized spacial score (nSPS) is 13.6. The van der Waals surface area contributed by atoms with Gasteiger partial charge in [0.2, 0.25) is 0 Å². The first-order valence-electron chi connectivity index (χ1n) is 7.48. The lowest BCUT2D eigenvalue weighted by Crippen LogP contribution is -2.48. The summed E-state index contributed by atoms with van der Waals surface area (Å²) in [5.74, 6) is 0.807. The van der Waals surface area contributed by atoms with Gasteiger partial charge in [-0.2, -0.15) is 0 Å². The van der Waals surface area contributed by atoms with E-state index in [1.807, 2.05) is 44.2 Å². The molecule has 0 saturated heterocycles. The van der Waals surface area contributed by atoms with Crippen molar-refractivity contribution < 1.29 is 9.84 Å². The third kappa shape index (κ3) is 3.96. The standard InChI is InChI=1S/C18H25NO2/c1-13(2)19-12-17(20)18(3,4)21-16-11-7-9-14-8-5-6-10-15(14)16/h5-11,13,17,19-20H,12H2,1-4H3. The van der Waals surface area contributed by atoms with Crippen molar-refractivity contribution in [3.05, 3.63) is 42.5 Å². The molecule has 0 bridgehead atoms. The minimum atomic E-state index is -0.661. The summed E-state index contributed by atoms with van der Waals surface area (Å²) in [4.78, 5) is 0. The number of hydrogen-bond donors (Lipinski definition) is 2. The van der Waals surface area contributed by atoms with Gasteiger partial charge in [-0.25, -0.2) is 0 Å². The van der Waals surface area contributed by atoms with Gasteiger partial charge >= 0.3 is 0 Å². The van der Waals surface area contributed by atoms with Gasteiger partial charge in [0.25, 0.3) is 0 Å². The molecule has 3 nitrogen and oxygen atoms in total. The molecule has 2 rings (SSSR count). The van der Waals surface area contributed by atoms with Gasteiger partial charge in [-0.05, 0) is 25.3 Å². The average Bonchev–Trinajstić information content (AvgIpc) is 2.44. The fraction of sp³-hybridized carbons (Fsp3) is 0.444. The van der Waals surface area contributed by atoms with Crippen LogP contribution in [-0.4, -0.2) is 29.4 Å². The second-order valence-corrected chi connectivity index (χ2v) is 6.26. The van der Waals surface area contributed by atoms with Crippen LogP contribution in [0.4, 0.5) is 0 Å². The molecule has 0 amide bonds. The topological polar surface area (TPSA) is 41.5 Å². The van der Waals surface area contributed by atoms with Gasteiger partial charge in [0.1, 0.15) is 17.5 Å². The molecule has 2 aromatic carbocycles. The summed E-state index contributed by atoms with van der Waals surface area (Å²) < 4.78 is 6.12. The van der Waals surface area contributed by atoms with Crippen LogP contribution in [-0.2, 0) is 0 Å². The highest BCUT2D eigenvalue weighted by Crippen LogP contribution is 2.29. The molecule has 0 heterocycles. The van der Waals surface area contributed by atoms with E-state index >= 15 is 0 Å². The minimum Gasteiger partial charge on any atom is -0.484 e. The first kappa shape index (κ1) is 15.8. The molecule has 0 aliphatic heterocycles. The number of aliphatic hydroxyl groups excluding tert-OH is 1. The number of benzene rings is 2. The van der Waals surface area contributed by atoms with Gasteiger partial charge in [0.05, 0.1) is 0 Å². The molecule has 0 saturated carbocycles. The van der Waals surface area contributed by atoms with E-state index in [-0.39, 0.29) is 0 Å². The van der Waals surface area contributed by atoms with Gasteiger partial charge in [0, 0.05) is 18.0 Å². The van der Waals surface area contributed by atoms with Crippen molar-refractivity contribution in [1.82, 2.24) is 5.32 Å². The van der Waals surface area contributed by atoms with Gasteiger partial charge in [-0.1, -0.05) is 50.2 Å². The van der Waals surface area contributed by atoms with E-state index in [0.717, 1.165) is 16.5 Å².